The molecule has 15 heavy (non-hydrogen) atoms. The van der Waals surface area contributed by atoms with Crippen LogP contribution in [0.1, 0.15) is 51.3 Å². The number of ether oxygens (including phenoxy) is 1. The lowest BCUT2D eigenvalue weighted by molar-refractivity contribution is -0.00789. The monoisotopic (exact) mass is 204 g/mol. The van der Waals surface area contributed by atoms with Crippen molar-refractivity contribution in [2.45, 2.75) is 52.2 Å². The van der Waals surface area contributed by atoms with Gasteiger partial charge in [0.05, 0.1) is 12.2 Å². The van der Waals surface area contributed by atoms with Gasteiger partial charge >= 0.3 is 0 Å². The minimum atomic E-state index is -0.105. The second-order valence-electron chi connectivity index (χ2n) is 5.92. The second kappa shape index (κ2) is 3.08. The Labute approximate surface area is 92.5 Å². The van der Waals surface area contributed by atoms with E-state index in [-0.39, 0.29) is 11.0 Å². The van der Waals surface area contributed by atoms with E-state index in [4.69, 9.17) is 4.74 Å². The molecule has 1 heterocycles. The van der Waals surface area contributed by atoms with E-state index in [1.807, 2.05) is 0 Å². The molecular formula is C14H20O. The normalized spacial score (nSPS) is 19.0. The molecule has 1 heteroatoms. The van der Waals surface area contributed by atoms with Crippen molar-refractivity contribution in [2.24, 2.45) is 0 Å². The van der Waals surface area contributed by atoms with Crippen LogP contribution < -0.4 is 0 Å². The average Bonchev–Trinajstić information content (AvgIpc) is 2.41. The van der Waals surface area contributed by atoms with E-state index in [9.17, 15) is 0 Å². The Kier molecular flexibility index (Phi) is 2.20. The van der Waals surface area contributed by atoms with Gasteiger partial charge in [0.1, 0.15) is 0 Å². The van der Waals surface area contributed by atoms with Crippen LogP contribution in [0.25, 0.3) is 0 Å². The molecular weight excluding hydrogens is 184 g/mol. The minimum Gasteiger partial charge on any atom is -0.366 e. The van der Waals surface area contributed by atoms with Crippen LogP contribution in [0, 0.1) is 0 Å². The van der Waals surface area contributed by atoms with E-state index in [2.05, 4.69) is 52.8 Å². The molecule has 0 atom stereocenters. The Morgan fingerprint density at radius 1 is 1.20 bits per heavy atom. The van der Waals surface area contributed by atoms with Crippen LogP contribution in [0.3, 0.4) is 0 Å². The predicted molar refractivity (Wildman–Crippen MR) is 63.0 cm³/mol. The summed E-state index contributed by atoms with van der Waals surface area (Å²) in [6.45, 7) is 11.8. The van der Waals surface area contributed by atoms with Gasteiger partial charge in [0.15, 0.2) is 0 Å². The van der Waals surface area contributed by atoms with Gasteiger partial charge in [-0.1, -0.05) is 39.0 Å². The highest BCUT2D eigenvalue weighted by atomic mass is 16.5. The Balaban J connectivity index is 2.47. The first kappa shape index (κ1) is 10.7. The van der Waals surface area contributed by atoms with Crippen molar-refractivity contribution in [1.29, 1.82) is 0 Å². The summed E-state index contributed by atoms with van der Waals surface area (Å²) in [6.07, 6.45) is 0. The molecule has 0 aromatic heterocycles. The van der Waals surface area contributed by atoms with Crippen molar-refractivity contribution in [3.63, 3.8) is 0 Å². The van der Waals surface area contributed by atoms with Crippen molar-refractivity contribution in [3.05, 3.63) is 34.9 Å². The summed E-state index contributed by atoms with van der Waals surface area (Å²) in [5.41, 5.74) is 4.21. The lowest BCUT2D eigenvalue weighted by atomic mass is 9.84. The first-order valence-corrected chi connectivity index (χ1v) is 5.58. The highest BCUT2D eigenvalue weighted by Gasteiger charge is 2.31. The van der Waals surface area contributed by atoms with Gasteiger partial charge in [0, 0.05) is 0 Å². The maximum Gasteiger partial charge on any atom is 0.0883 e. The standard InChI is InChI=1S/C14H20O/c1-13(2,3)11-6-7-12-10(8-11)9-15-14(12,4)5/h6-8H,9H2,1-5H3. The molecule has 0 N–H and O–H groups in total. The SMILES string of the molecule is CC(C)(C)c1ccc2c(c1)COC2(C)C. The smallest absolute Gasteiger partial charge is 0.0883 e. The van der Waals surface area contributed by atoms with E-state index >= 15 is 0 Å². The van der Waals surface area contributed by atoms with Gasteiger partial charge in [-0.2, -0.15) is 0 Å². The molecule has 0 saturated heterocycles. The molecule has 1 aromatic carbocycles. The molecule has 0 saturated carbocycles. The summed E-state index contributed by atoms with van der Waals surface area (Å²) in [4.78, 5) is 0. The summed E-state index contributed by atoms with van der Waals surface area (Å²) in [5.74, 6) is 0. The molecule has 0 aliphatic carbocycles. The number of hydrogen-bond donors (Lipinski definition) is 0. The first-order chi connectivity index (χ1) is 6.81. The number of benzene rings is 1. The molecule has 0 spiro atoms. The van der Waals surface area contributed by atoms with Crippen molar-refractivity contribution in [2.75, 3.05) is 0 Å². The van der Waals surface area contributed by atoms with Gasteiger partial charge in [-0.3, -0.25) is 0 Å². The molecule has 0 fully saturated rings. The molecule has 1 nitrogen and oxygen atoms in total. The molecule has 82 valence electrons. The van der Waals surface area contributed by atoms with E-state index in [0.29, 0.717) is 0 Å². The van der Waals surface area contributed by atoms with Crippen molar-refractivity contribution in [3.8, 4) is 0 Å². The maximum atomic E-state index is 5.78. The summed E-state index contributed by atoms with van der Waals surface area (Å²) >= 11 is 0. The Morgan fingerprint density at radius 2 is 1.87 bits per heavy atom. The molecule has 0 radical (unpaired) electrons. The van der Waals surface area contributed by atoms with Crippen LogP contribution in [0.5, 0.6) is 0 Å². The van der Waals surface area contributed by atoms with Gasteiger partial charge in [-0.25, -0.2) is 0 Å². The maximum absolute atomic E-state index is 5.78. The summed E-state index contributed by atoms with van der Waals surface area (Å²) in [7, 11) is 0. The molecule has 0 unspecified atom stereocenters. The van der Waals surface area contributed by atoms with E-state index in [1.165, 1.54) is 16.7 Å². The molecule has 1 aromatic rings. The number of hydrogen-bond acceptors (Lipinski definition) is 1. The molecule has 0 bridgehead atoms. The molecule has 2 rings (SSSR count). The summed E-state index contributed by atoms with van der Waals surface area (Å²) in [5, 5.41) is 0. The fourth-order valence-electron chi connectivity index (χ4n) is 2.10. The van der Waals surface area contributed by atoms with Crippen LogP contribution in [0.2, 0.25) is 0 Å². The highest BCUT2D eigenvalue weighted by molar-refractivity contribution is 5.39. The Hall–Kier alpha value is -0.820. The quantitative estimate of drug-likeness (QED) is 0.625. The van der Waals surface area contributed by atoms with Crippen LogP contribution in [-0.4, -0.2) is 0 Å². The van der Waals surface area contributed by atoms with Crippen LogP contribution in [-0.2, 0) is 22.4 Å². The van der Waals surface area contributed by atoms with Gasteiger partial charge in [0.25, 0.3) is 0 Å². The van der Waals surface area contributed by atoms with E-state index < -0.39 is 0 Å². The van der Waals surface area contributed by atoms with Gasteiger partial charge < -0.3 is 4.74 Å². The third kappa shape index (κ3) is 1.81. The lowest BCUT2D eigenvalue weighted by Gasteiger charge is -2.22. The number of rotatable bonds is 0. The highest BCUT2D eigenvalue weighted by Crippen LogP contribution is 2.37. The molecule has 1 aliphatic rings. The fourth-order valence-corrected chi connectivity index (χ4v) is 2.10. The van der Waals surface area contributed by atoms with Crippen LogP contribution in [0.15, 0.2) is 18.2 Å². The largest absolute Gasteiger partial charge is 0.366 e. The fraction of sp³-hybridized carbons (Fsp3) is 0.571. The van der Waals surface area contributed by atoms with Crippen molar-refractivity contribution in [1.82, 2.24) is 0 Å². The van der Waals surface area contributed by atoms with Crippen molar-refractivity contribution >= 4 is 0 Å². The Bertz CT molecular complexity index is 383. The van der Waals surface area contributed by atoms with Crippen molar-refractivity contribution < 1.29 is 4.74 Å². The third-order valence-corrected chi connectivity index (χ3v) is 3.21. The Morgan fingerprint density at radius 3 is 2.47 bits per heavy atom. The van der Waals surface area contributed by atoms with Crippen LogP contribution >= 0.6 is 0 Å². The lowest BCUT2D eigenvalue weighted by Crippen LogP contribution is -2.15. The second-order valence-corrected chi connectivity index (χ2v) is 5.92. The zero-order valence-electron chi connectivity index (χ0n) is 10.3. The summed E-state index contributed by atoms with van der Waals surface area (Å²) in [6, 6.07) is 6.75. The molecule has 0 amide bonds. The topological polar surface area (TPSA) is 9.23 Å². The van der Waals surface area contributed by atoms with E-state index in [1.54, 1.807) is 0 Å². The minimum absolute atomic E-state index is 0.105. The van der Waals surface area contributed by atoms with Gasteiger partial charge in [-0.05, 0) is 36.0 Å². The van der Waals surface area contributed by atoms with Crippen LogP contribution in [0.4, 0.5) is 0 Å². The molecule has 1 aliphatic heterocycles. The summed E-state index contributed by atoms with van der Waals surface area (Å²) < 4.78 is 5.78. The van der Waals surface area contributed by atoms with E-state index in [0.717, 1.165) is 6.61 Å². The zero-order chi connectivity index (χ0) is 11.3. The number of fused-ring (bicyclic) bond motifs is 1. The average molecular weight is 204 g/mol. The van der Waals surface area contributed by atoms with Gasteiger partial charge in [0.2, 0.25) is 0 Å². The van der Waals surface area contributed by atoms with Gasteiger partial charge in [-0.15, -0.1) is 0 Å². The predicted octanol–water partition coefficient (Wildman–Crippen LogP) is 3.75. The first-order valence-electron chi connectivity index (χ1n) is 5.58. The third-order valence-electron chi connectivity index (χ3n) is 3.21. The zero-order valence-corrected chi connectivity index (χ0v) is 10.3.